The summed E-state index contributed by atoms with van der Waals surface area (Å²) in [4.78, 5) is 12.3. The second kappa shape index (κ2) is 8.58. The monoisotopic (exact) mass is 451 g/mol. The fourth-order valence-electron chi connectivity index (χ4n) is 2.44. The number of nitrogens with zero attached hydrogens (tertiary/aromatic N) is 4. The van der Waals surface area contributed by atoms with Gasteiger partial charge in [-0.05, 0) is 54.0 Å². The summed E-state index contributed by atoms with van der Waals surface area (Å²) in [6.07, 6.45) is 3.63. The van der Waals surface area contributed by atoms with Crippen molar-refractivity contribution in [1.82, 2.24) is 24.9 Å². The van der Waals surface area contributed by atoms with Gasteiger partial charge in [0.2, 0.25) is 0 Å². The Kier molecular flexibility index (Phi) is 6.18. The minimum atomic E-state index is -0.245. The van der Waals surface area contributed by atoms with Crippen LogP contribution in [0.25, 0.3) is 0 Å². The summed E-state index contributed by atoms with van der Waals surface area (Å²) in [6.45, 7) is 5.32. The van der Waals surface area contributed by atoms with E-state index in [1.54, 1.807) is 35.1 Å². The number of carbonyl (C=O) groups excluding carboxylic acids is 1. The molecule has 9 heteroatoms. The minimum Gasteiger partial charge on any atom is -0.470 e. The van der Waals surface area contributed by atoms with Crippen LogP contribution in [0.5, 0.6) is 5.75 Å². The molecule has 142 valence electrons. The molecule has 3 aromatic rings. The summed E-state index contributed by atoms with van der Waals surface area (Å²) in [7, 11) is 0. The van der Waals surface area contributed by atoms with E-state index in [0.29, 0.717) is 23.0 Å². The number of halogens is 2. The number of hydrogen-bond donors (Lipinski definition) is 1. The summed E-state index contributed by atoms with van der Waals surface area (Å²) >= 11 is 9.31. The average molecular weight is 453 g/mol. The third kappa shape index (κ3) is 4.90. The van der Waals surface area contributed by atoms with Crippen molar-refractivity contribution in [3.8, 4) is 5.75 Å². The lowest BCUT2D eigenvalue weighted by atomic mass is 10.2. The number of aromatic nitrogens is 4. The van der Waals surface area contributed by atoms with Crippen molar-refractivity contribution in [3.05, 3.63) is 63.1 Å². The normalized spacial score (nSPS) is 10.8. The molecule has 2 heterocycles. The highest BCUT2D eigenvalue weighted by molar-refractivity contribution is 9.10. The summed E-state index contributed by atoms with van der Waals surface area (Å²) < 4.78 is 9.83. The molecule has 1 amide bonds. The molecule has 0 saturated heterocycles. The van der Waals surface area contributed by atoms with Crippen LogP contribution in [-0.4, -0.2) is 25.5 Å². The largest absolute Gasteiger partial charge is 0.470 e. The van der Waals surface area contributed by atoms with E-state index in [4.69, 9.17) is 16.3 Å². The van der Waals surface area contributed by atoms with Crippen LogP contribution in [-0.2, 0) is 19.8 Å². The molecule has 0 bridgehead atoms. The van der Waals surface area contributed by atoms with Gasteiger partial charge in [-0.3, -0.25) is 9.48 Å². The first-order valence-corrected chi connectivity index (χ1v) is 9.55. The van der Waals surface area contributed by atoms with Gasteiger partial charge in [0.05, 0.1) is 10.2 Å². The van der Waals surface area contributed by atoms with Crippen molar-refractivity contribution in [1.29, 1.82) is 0 Å². The summed E-state index contributed by atoms with van der Waals surface area (Å²) in [6, 6.07) is 6.91. The van der Waals surface area contributed by atoms with Gasteiger partial charge in [0.25, 0.3) is 5.91 Å². The van der Waals surface area contributed by atoms with Crippen LogP contribution in [0, 0.1) is 6.92 Å². The summed E-state index contributed by atoms with van der Waals surface area (Å²) in [5.41, 5.74) is 2.22. The first-order chi connectivity index (χ1) is 13.0. The lowest BCUT2D eigenvalue weighted by Gasteiger charge is -2.08. The van der Waals surface area contributed by atoms with Gasteiger partial charge in [0.15, 0.2) is 6.73 Å². The molecule has 2 aromatic heterocycles. The number of amides is 1. The Balaban J connectivity index is 1.56. The Morgan fingerprint density at radius 3 is 2.81 bits per heavy atom. The average Bonchev–Trinajstić information content (AvgIpc) is 3.25. The van der Waals surface area contributed by atoms with Crippen molar-refractivity contribution >= 4 is 33.4 Å². The topological polar surface area (TPSA) is 74.0 Å². The molecular formula is C18H19BrClN5O2. The molecule has 3 rings (SSSR count). The van der Waals surface area contributed by atoms with E-state index in [0.717, 1.165) is 22.3 Å². The van der Waals surface area contributed by atoms with Crippen molar-refractivity contribution in [3.63, 3.8) is 0 Å². The maximum absolute atomic E-state index is 12.3. The number of carbonyl (C=O) groups is 1. The fraction of sp³-hybridized carbons (Fsp3) is 0.278. The predicted molar refractivity (Wildman–Crippen MR) is 106 cm³/mol. The Morgan fingerprint density at radius 1 is 1.30 bits per heavy atom. The molecule has 1 N–H and O–H groups in total. The summed E-state index contributed by atoms with van der Waals surface area (Å²) in [5.74, 6) is 0.398. The molecule has 0 spiro atoms. The molecule has 0 radical (unpaired) electrons. The van der Waals surface area contributed by atoms with E-state index < -0.39 is 0 Å². The highest BCUT2D eigenvalue weighted by Gasteiger charge is 2.12. The lowest BCUT2D eigenvalue weighted by molar-refractivity contribution is 0.0944. The van der Waals surface area contributed by atoms with Gasteiger partial charge in [-0.1, -0.05) is 11.6 Å². The number of nitrogens with one attached hydrogen (secondary N) is 1. The molecule has 0 fully saturated rings. The van der Waals surface area contributed by atoms with E-state index in [1.807, 2.05) is 24.7 Å². The standard InChI is InChI=1S/C18H19BrClN5O2/c1-3-24-10-13(12(2)22-24)9-21-18(26)16-6-7-25(23-16)11-27-17-5-4-14(20)8-15(17)19/h4-8,10H,3,9,11H2,1-2H3,(H,21,26). The lowest BCUT2D eigenvalue weighted by Crippen LogP contribution is -2.23. The van der Waals surface area contributed by atoms with Gasteiger partial charge in [0.1, 0.15) is 11.4 Å². The van der Waals surface area contributed by atoms with Gasteiger partial charge < -0.3 is 10.1 Å². The molecule has 27 heavy (non-hydrogen) atoms. The van der Waals surface area contributed by atoms with Crippen molar-refractivity contribution < 1.29 is 9.53 Å². The quantitative estimate of drug-likeness (QED) is 0.592. The van der Waals surface area contributed by atoms with Crippen LogP contribution < -0.4 is 10.1 Å². The smallest absolute Gasteiger partial charge is 0.272 e. The molecule has 0 aliphatic carbocycles. The molecule has 0 unspecified atom stereocenters. The Bertz CT molecular complexity index is 953. The molecule has 0 aliphatic heterocycles. The van der Waals surface area contributed by atoms with Crippen LogP contribution in [0.1, 0.15) is 28.7 Å². The zero-order valence-electron chi connectivity index (χ0n) is 14.9. The molecule has 7 nitrogen and oxygen atoms in total. The third-order valence-corrected chi connectivity index (χ3v) is 4.79. The minimum absolute atomic E-state index is 0.176. The highest BCUT2D eigenvalue weighted by Crippen LogP contribution is 2.28. The number of rotatable bonds is 7. The molecule has 1 aromatic carbocycles. The Hall–Kier alpha value is -2.32. The second-order valence-corrected chi connectivity index (χ2v) is 7.16. The predicted octanol–water partition coefficient (Wildman–Crippen LogP) is 3.79. The van der Waals surface area contributed by atoms with Crippen molar-refractivity contribution in [2.45, 2.75) is 33.7 Å². The van der Waals surface area contributed by atoms with E-state index >= 15 is 0 Å². The molecule has 0 atom stereocenters. The Morgan fingerprint density at radius 2 is 2.11 bits per heavy atom. The SMILES string of the molecule is CCn1cc(CNC(=O)c2ccn(COc3ccc(Cl)cc3Br)n2)c(C)n1. The maximum Gasteiger partial charge on any atom is 0.272 e. The third-order valence-electron chi connectivity index (χ3n) is 3.93. The van der Waals surface area contributed by atoms with E-state index in [2.05, 4.69) is 31.4 Å². The van der Waals surface area contributed by atoms with Crippen molar-refractivity contribution in [2.75, 3.05) is 0 Å². The number of hydrogen-bond acceptors (Lipinski definition) is 4. The first-order valence-electron chi connectivity index (χ1n) is 8.38. The van der Waals surface area contributed by atoms with Crippen LogP contribution >= 0.6 is 27.5 Å². The number of ether oxygens (including phenoxy) is 1. The van der Waals surface area contributed by atoms with Crippen LogP contribution in [0.2, 0.25) is 5.02 Å². The Labute approximate surface area is 170 Å². The van der Waals surface area contributed by atoms with Gasteiger partial charge >= 0.3 is 0 Å². The second-order valence-electron chi connectivity index (χ2n) is 5.87. The molecular weight excluding hydrogens is 434 g/mol. The highest BCUT2D eigenvalue weighted by atomic mass is 79.9. The maximum atomic E-state index is 12.3. The van der Waals surface area contributed by atoms with Crippen LogP contribution in [0.4, 0.5) is 0 Å². The van der Waals surface area contributed by atoms with Crippen LogP contribution in [0.3, 0.4) is 0 Å². The van der Waals surface area contributed by atoms with Gasteiger partial charge in [-0.2, -0.15) is 10.2 Å². The van der Waals surface area contributed by atoms with Gasteiger partial charge in [0, 0.05) is 36.1 Å². The number of benzene rings is 1. The van der Waals surface area contributed by atoms with E-state index in [1.165, 1.54) is 0 Å². The zero-order valence-corrected chi connectivity index (χ0v) is 17.3. The fourth-order valence-corrected chi connectivity index (χ4v) is 3.24. The number of aryl methyl sites for hydroxylation is 2. The molecule has 0 saturated carbocycles. The van der Waals surface area contributed by atoms with Crippen LogP contribution in [0.15, 0.2) is 41.1 Å². The molecule has 0 aliphatic rings. The van der Waals surface area contributed by atoms with E-state index in [-0.39, 0.29) is 12.6 Å². The van der Waals surface area contributed by atoms with Gasteiger partial charge in [-0.25, -0.2) is 4.68 Å². The zero-order chi connectivity index (χ0) is 19.4. The van der Waals surface area contributed by atoms with Crippen molar-refractivity contribution in [2.24, 2.45) is 0 Å². The summed E-state index contributed by atoms with van der Waals surface area (Å²) in [5, 5.41) is 12.1. The first kappa shape index (κ1) is 19.4. The van der Waals surface area contributed by atoms with Gasteiger partial charge in [-0.15, -0.1) is 0 Å². The van der Waals surface area contributed by atoms with E-state index in [9.17, 15) is 4.79 Å².